The molecule has 8 aromatic rings. The molecule has 2 heterocycles. The first-order valence-corrected chi connectivity index (χ1v) is 15.9. The molecule has 1 aliphatic rings. The molecule has 0 spiro atoms. The van der Waals surface area contributed by atoms with Crippen molar-refractivity contribution < 1.29 is 0 Å². The van der Waals surface area contributed by atoms with E-state index in [9.17, 15) is 0 Å². The minimum atomic E-state index is -0.190. The van der Waals surface area contributed by atoms with Crippen molar-refractivity contribution >= 4 is 21.8 Å². The number of hydrogen-bond acceptors (Lipinski definition) is 2. The summed E-state index contributed by atoms with van der Waals surface area (Å²) in [5, 5.41) is 2.42. The highest BCUT2D eigenvalue weighted by atomic mass is 15.2. The molecule has 46 heavy (non-hydrogen) atoms. The van der Waals surface area contributed by atoms with E-state index in [1.54, 1.807) is 0 Å². The Morgan fingerprint density at radius 2 is 1.04 bits per heavy atom. The van der Waals surface area contributed by atoms with Crippen molar-refractivity contribution in [3.63, 3.8) is 0 Å². The number of benzene rings is 6. The first-order valence-electron chi connectivity index (χ1n) is 15.9. The van der Waals surface area contributed by atoms with Crippen LogP contribution in [0.5, 0.6) is 0 Å². The highest BCUT2D eigenvalue weighted by molar-refractivity contribution is 6.13. The molecule has 0 fully saturated rings. The zero-order valence-corrected chi connectivity index (χ0v) is 25.8. The Balaban J connectivity index is 1.33. The van der Waals surface area contributed by atoms with Gasteiger partial charge in [-0.05, 0) is 45.5 Å². The molecular formula is C43H31N3. The van der Waals surface area contributed by atoms with Crippen LogP contribution in [0.1, 0.15) is 25.0 Å². The zero-order chi connectivity index (χ0) is 30.8. The SMILES string of the molecule is CC1(C)c2ccccc2-c2ccc3c4ccccc4n(-c4nc(-c5ccccc5)cc(-c5ccc(-c6ccccc6)cc5)n4)c3c21. The normalized spacial score (nSPS) is 13.2. The maximum atomic E-state index is 5.35. The Hall–Kier alpha value is -5.80. The average molecular weight is 590 g/mol. The number of hydrogen-bond donors (Lipinski definition) is 0. The summed E-state index contributed by atoms with van der Waals surface area (Å²) in [5.41, 5.74) is 13.6. The Bertz CT molecular complexity index is 2420. The molecule has 0 atom stereocenters. The molecule has 3 heteroatoms. The molecule has 3 nitrogen and oxygen atoms in total. The Morgan fingerprint density at radius 3 is 1.78 bits per heavy atom. The lowest BCUT2D eigenvalue weighted by molar-refractivity contribution is 0.663. The van der Waals surface area contributed by atoms with E-state index < -0.39 is 0 Å². The zero-order valence-electron chi connectivity index (χ0n) is 25.8. The fraction of sp³-hybridized carbons (Fsp3) is 0.0698. The maximum Gasteiger partial charge on any atom is 0.235 e. The van der Waals surface area contributed by atoms with E-state index in [1.807, 2.05) is 6.07 Å². The van der Waals surface area contributed by atoms with Crippen molar-refractivity contribution in [3.8, 4) is 50.7 Å². The molecule has 0 saturated heterocycles. The number of nitrogens with zero attached hydrogens (tertiary/aromatic N) is 3. The second kappa shape index (κ2) is 10.1. The van der Waals surface area contributed by atoms with Crippen LogP contribution in [0, 0.1) is 0 Å². The molecule has 0 bridgehead atoms. The summed E-state index contributed by atoms with van der Waals surface area (Å²) in [7, 11) is 0. The molecular weight excluding hydrogens is 558 g/mol. The van der Waals surface area contributed by atoms with Gasteiger partial charge in [0.2, 0.25) is 5.95 Å². The van der Waals surface area contributed by atoms with E-state index >= 15 is 0 Å². The van der Waals surface area contributed by atoms with Gasteiger partial charge in [-0.15, -0.1) is 0 Å². The Morgan fingerprint density at radius 1 is 0.478 bits per heavy atom. The van der Waals surface area contributed by atoms with Gasteiger partial charge in [0.05, 0.1) is 22.4 Å². The van der Waals surface area contributed by atoms with Crippen molar-refractivity contribution in [3.05, 3.63) is 163 Å². The first-order chi connectivity index (χ1) is 22.6. The van der Waals surface area contributed by atoms with Gasteiger partial charge >= 0.3 is 0 Å². The van der Waals surface area contributed by atoms with Crippen LogP contribution in [0.3, 0.4) is 0 Å². The van der Waals surface area contributed by atoms with Crippen molar-refractivity contribution in [1.82, 2.24) is 14.5 Å². The molecule has 1 aliphatic carbocycles. The molecule has 0 radical (unpaired) electrons. The molecule has 218 valence electrons. The lowest BCUT2D eigenvalue weighted by Gasteiger charge is -2.23. The lowest BCUT2D eigenvalue weighted by Crippen LogP contribution is -2.17. The van der Waals surface area contributed by atoms with Gasteiger partial charge in [-0.25, -0.2) is 9.97 Å². The summed E-state index contributed by atoms with van der Waals surface area (Å²) >= 11 is 0. The molecule has 0 aliphatic heterocycles. The number of rotatable bonds is 4. The van der Waals surface area contributed by atoms with Crippen molar-refractivity contribution in [2.75, 3.05) is 0 Å². The minimum Gasteiger partial charge on any atom is -0.278 e. The van der Waals surface area contributed by atoms with Gasteiger partial charge in [-0.1, -0.05) is 153 Å². The quantitative estimate of drug-likeness (QED) is 0.204. The van der Waals surface area contributed by atoms with Gasteiger partial charge in [0.25, 0.3) is 0 Å². The second-order valence-corrected chi connectivity index (χ2v) is 12.7. The first kappa shape index (κ1) is 26.6. The van der Waals surface area contributed by atoms with Gasteiger partial charge in [0.1, 0.15) is 0 Å². The van der Waals surface area contributed by atoms with E-state index in [0.29, 0.717) is 5.95 Å². The van der Waals surface area contributed by atoms with Gasteiger partial charge in [0, 0.05) is 27.3 Å². The summed E-state index contributed by atoms with van der Waals surface area (Å²) in [6.45, 7) is 4.69. The van der Waals surface area contributed by atoms with Crippen molar-refractivity contribution in [1.29, 1.82) is 0 Å². The molecule has 0 saturated carbocycles. The largest absolute Gasteiger partial charge is 0.278 e. The summed E-state index contributed by atoms with van der Waals surface area (Å²) in [4.78, 5) is 10.7. The van der Waals surface area contributed by atoms with Crippen LogP contribution in [0.25, 0.3) is 72.5 Å². The molecule has 9 rings (SSSR count). The van der Waals surface area contributed by atoms with E-state index in [4.69, 9.17) is 9.97 Å². The summed E-state index contributed by atoms with van der Waals surface area (Å²) < 4.78 is 2.31. The lowest BCUT2D eigenvalue weighted by atomic mass is 9.81. The van der Waals surface area contributed by atoms with Crippen LogP contribution >= 0.6 is 0 Å². The molecule has 0 unspecified atom stereocenters. The average Bonchev–Trinajstić information content (AvgIpc) is 3.57. The third-order valence-electron chi connectivity index (χ3n) is 9.62. The van der Waals surface area contributed by atoms with Crippen LogP contribution < -0.4 is 0 Å². The van der Waals surface area contributed by atoms with Crippen LogP contribution in [-0.4, -0.2) is 14.5 Å². The molecule has 6 aromatic carbocycles. The standard InChI is InChI=1S/C43H31N3/c1-43(2)36-19-11-9-17-32(36)34-25-26-35-33-18-10-12-20-39(33)46(41(35)40(34)43)42-44-37(30-15-7-4-8-16-30)27-38(45-42)31-23-21-29(22-24-31)28-13-5-3-6-14-28/h3-27H,1-2H3. The smallest absolute Gasteiger partial charge is 0.235 e. The van der Waals surface area contributed by atoms with Gasteiger partial charge in [-0.2, -0.15) is 0 Å². The van der Waals surface area contributed by atoms with E-state index in [2.05, 4.69) is 164 Å². The van der Waals surface area contributed by atoms with Crippen LogP contribution in [-0.2, 0) is 5.41 Å². The monoisotopic (exact) mass is 589 g/mol. The predicted molar refractivity (Wildman–Crippen MR) is 190 cm³/mol. The fourth-order valence-electron chi connectivity index (χ4n) is 7.42. The summed E-state index contributed by atoms with van der Waals surface area (Å²) in [5.74, 6) is 0.676. The number of fused-ring (bicyclic) bond motifs is 7. The van der Waals surface area contributed by atoms with E-state index in [0.717, 1.165) is 28.0 Å². The maximum absolute atomic E-state index is 5.35. The minimum absolute atomic E-state index is 0.190. The van der Waals surface area contributed by atoms with E-state index in [1.165, 1.54) is 49.7 Å². The predicted octanol–water partition coefficient (Wildman–Crippen LogP) is 10.9. The number of aromatic nitrogens is 3. The number of para-hydroxylation sites is 1. The van der Waals surface area contributed by atoms with Crippen LogP contribution in [0.2, 0.25) is 0 Å². The van der Waals surface area contributed by atoms with Gasteiger partial charge in [-0.3, -0.25) is 4.57 Å². The summed E-state index contributed by atoms with van der Waals surface area (Å²) in [6, 6.07) is 53.8. The van der Waals surface area contributed by atoms with E-state index in [-0.39, 0.29) is 5.41 Å². The summed E-state index contributed by atoms with van der Waals surface area (Å²) in [6.07, 6.45) is 0. The van der Waals surface area contributed by atoms with Crippen molar-refractivity contribution in [2.45, 2.75) is 19.3 Å². The van der Waals surface area contributed by atoms with Gasteiger partial charge < -0.3 is 0 Å². The molecule has 0 N–H and O–H groups in total. The molecule has 0 amide bonds. The highest BCUT2D eigenvalue weighted by Crippen LogP contribution is 2.52. The van der Waals surface area contributed by atoms with Gasteiger partial charge in [0.15, 0.2) is 0 Å². The third kappa shape index (κ3) is 3.98. The second-order valence-electron chi connectivity index (χ2n) is 12.7. The highest BCUT2D eigenvalue weighted by Gasteiger charge is 2.38. The fourth-order valence-corrected chi connectivity index (χ4v) is 7.42. The van der Waals surface area contributed by atoms with Crippen LogP contribution in [0.4, 0.5) is 0 Å². The van der Waals surface area contributed by atoms with Crippen molar-refractivity contribution in [2.24, 2.45) is 0 Å². The Labute approximate surface area is 268 Å². The third-order valence-corrected chi connectivity index (χ3v) is 9.62. The van der Waals surface area contributed by atoms with Crippen LogP contribution in [0.15, 0.2) is 152 Å². The molecule has 2 aromatic heterocycles. The topological polar surface area (TPSA) is 30.7 Å². The Kier molecular flexibility index (Phi) is 5.85.